The van der Waals surface area contributed by atoms with E-state index in [1.807, 2.05) is 24.3 Å². The van der Waals surface area contributed by atoms with Crippen molar-refractivity contribution in [3.63, 3.8) is 0 Å². The fourth-order valence-corrected chi connectivity index (χ4v) is 3.24. The van der Waals surface area contributed by atoms with Crippen LogP contribution in [0.3, 0.4) is 0 Å². The molecule has 0 aliphatic carbocycles. The summed E-state index contributed by atoms with van der Waals surface area (Å²) >= 11 is 0. The summed E-state index contributed by atoms with van der Waals surface area (Å²) in [5.74, 6) is 0. The summed E-state index contributed by atoms with van der Waals surface area (Å²) in [6.45, 7) is 1.12. The minimum absolute atomic E-state index is 0.557. The molecule has 1 aliphatic heterocycles. The molecule has 5 nitrogen and oxygen atoms in total. The Bertz CT molecular complexity index is 862. The number of fused-ring (bicyclic) bond motifs is 1. The van der Waals surface area contributed by atoms with Gasteiger partial charge in [-0.2, -0.15) is 10.5 Å². The van der Waals surface area contributed by atoms with Crippen molar-refractivity contribution in [3.8, 4) is 23.4 Å². The maximum absolute atomic E-state index is 11.5. The topological polar surface area (TPSA) is 79.9 Å². The zero-order chi connectivity index (χ0) is 16.4. The third kappa shape index (κ3) is 3.03. The number of anilines is 1. The van der Waals surface area contributed by atoms with E-state index in [1.165, 1.54) is 0 Å². The van der Waals surface area contributed by atoms with Gasteiger partial charge in [-0.25, -0.2) is 4.21 Å². The monoisotopic (exact) mass is 322 g/mol. The van der Waals surface area contributed by atoms with Crippen LogP contribution in [0.2, 0.25) is 0 Å². The van der Waals surface area contributed by atoms with Gasteiger partial charge >= 0.3 is 0 Å². The molecule has 6 heteroatoms. The Labute approximate surface area is 137 Å². The highest BCUT2D eigenvalue weighted by Crippen LogP contribution is 2.35. The van der Waals surface area contributed by atoms with Crippen LogP contribution in [0.4, 0.5) is 5.69 Å². The maximum Gasteiger partial charge on any atom is 0.179 e. The Balaban J connectivity index is 2.11. The van der Waals surface area contributed by atoms with E-state index in [0.717, 1.165) is 27.9 Å². The van der Waals surface area contributed by atoms with Gasteiger partial charge < -0.3 is 9.62 Å². The predicted molar refractivity (Wildman–Crippen MR) is 89.1 cm³/mol. The Hall–Kier alpha value is -2.83. The molecule has 3 rings (SSSR count). The molecule has 0 spiro atoms. The van der Waals surface area contributed by atoms with Crippen molar-refractivity contribution in [3.05, 3.63) is 53.1 Å². The molecule has 0 amide bonds. The number of nitrogens with one attached hydrogen (secondary N) is 1. The first-order valence-corrected chi connectivity index (χ1v) is 8.57. The number of rotatable bonds is 3. The van der Waals surface area contributed by atoms with E-state index in [1.54, 1.807) is 23.3 Å². The summed E-state index contributed by atoms with van der Waals surface area (Å²) in [6.07, 6.45) is 3.76. The van der Waals surface area contributed by atoms with Crippen molar-refractivity contribution in [1.29, 1.82) is 10.5 Å². The van der Waals surface area contributed by atoms with Crippen LogP contribution in [0, 0.1) is 22.8 Å². The maximum atomic E-state index is 11.5. The van der Waals surface area contributed by atoms with Gasteiger partial charge in [-0.3, -0.25) is 0 Å². The molecular formula is C17H14N4OS. The highest BCUT2D eigenvalue weighted by molar-refractivity contribution is 7.85. The van der Waals surface area contributed by atoms with E-state index in [0.29, 0.717) is 18.7 Å². The van der Waals surface area contributed by atoms with Gasteiger partial charge in [0.2, 0.25) is 0 Å². The number of benzene rings is 2. The molecule has 1 heterocycles. The molecule has 0 bridgehead atoms. The number of hydrogen-bond acceptors (Lipinski definition) is 4. The summed E-state index contributed by atoms with van der Waals surface area (Å²) in [6, 6.07) is 13.3. The summed E-state index contributed by atoms with van der Waals surface area (Å²) in [7, 11) is -1.16. The minimum Gasteiger partial charge on any atom is -0.305 e. The average molecular weight is 322 g/mol. The van der Waals surface area contributed by atoms with E-state index in [-0.39, 0.29) is 0 Å². The van der Waals surface area contributed by atoms with Crippen LogP contribution < -0.4 is 4.72 Å². The summed E-state index contributed by atoms with van der Waals surface area (Å²) < 4.78 is 14.4. The molecule has 1 atom stereocenters. The molecule has 0 saturated carbocycles. The number of nitrogens with zero attached hydrogens (tertiary/aromatic N) is 3. The van der Waals surface area contributed by atoms with Crippen LogP contribution in [0.15, 0.2) is 36.4 Å². The fourth-order valence-electron chi connectivity index (χ4n) is 2.79. The van der Waals surface area contributed by atoms with Gasteiger partial charge in [0.1, 0.15) is 11.0 Å². The standard InChI is InChI=1S/C17H14N4OS/c1-23(22)20-15-6-14-9-21(11-19)10-17(14)16(7-15)13-4-2-12(8-18)3-5-13/h2-7,20H,9-10H2,1H3. The second-order valence-corrected chi connectivity index (χ2v) is 6.48. The molecule has 1 unspecified atom stereocenters. The number of nitriles is 2. The summed E-state index contributed by atoms with van der Waals surface area (Å²) in [4.78, 5) is 1.69. The smallest absolute Gasteiger partial charge is 0.179 e. The largest absolute Gasteiger partial charge is 0.305 e. The fraction of sp³-hybridized carbons (Fsp3) is 0.176. The zero-order valence-electron chi connectivity index (χ0n) is 12.5. The second kappa shape index (κ2) is 6.12. The summed E-state index contributed by atoms with van der Waals surface area (Å²) in [5.41, 5.74) is 5.50. The van der Waals surface area contributed by atoms with E-state index in [2.05, 4.69) is 17.0 Å². The van der Waals surface area contributed by atoms with Crippen molar-refractivity contribution < 1.29 is 4.21 Å². The molecule has 114 valence electrons. The molecule has 2 aromatic rings. The van der Waals surface area contributed by atoms with Crippen molar-refractivity contribution in [1.82, 2.24) is 4.90 Å². The average Bonchev–Trinajstić information content (AvgIpc) is 2.96. The van der Waals surface area contributed by atoms with Gasteiger partial charge in [0.25, 0.3) is 0 Å². The van der Waals surface area contributed by atoms with Gasteiger partial charge in [0, 0.05) is 11.9 Å². The van der Waals surface area contributed by atoms with E-state index in [9.17, 15) is 4.21 Å². The van der Waals surface area contributed by atoms with E-state index in [4.69, 9.17) is 10.5 Å². The molecule has 0 fully saturated rings. The van der Waals surface area contributed by atoms with Gasteiger partial charge in [0.15, 0.2) is 6.19 Å². The first-order valence-electron chi connectivity index (χ1n) is 7.02. The lowest BCUT2D eigenvalue weighted by Gasteiger charge is -2.12. The van der Waals surface area contributed by atoms with Crippen LogP contribution in [-0.4, -0.2) is 15.4 Å². The van der Waals surface area contributed by atoms with Gasteiger partial charge in [-0.05, 0) is 46.5 Å². The lowest BCUT2D eigenvalue weighted by molar-refractivity contribution is 0.417. The van der Waals surface area contributed by atoms with Gasteiger partial charge in [-0.15, -0.1) is 0 Å². The number of hydrogen-bond donors (Lipinski definition) is 1. The van der Waals surface area contributed by atoms with Crippen molar-refractivity contribution in [2.45, 2.75) is 13.1 Å². The Morgan fingerprint density at radius 1 is 1.17 bits per heavy atom. The Morgan fingerprint density at radius 3 is 2.52 bits per heavy atom. The van der Waals surface area contributed by atoms with Crippen LogP contribution in [0.5, 0.6) is 0 Å². The van der Waals surface area contributed by atoms with Crippen molar-refractivity contribution >= 4 is 16.7 Å². The zero-order valence-corrected chi connectivity index (χ0v) is 13.4. The molecule has 1 N–H and O–H groups in total. The van der Waals surface area contributed by atoms with Gasteiger partial charge in [-0.1, -0.05) is 12.1 Å². The Morgan fingerprint density at radius 2 is 1.91 bits per heavy atom. The first-order chi connectivity index (χ1) is 11.1. The molecule has 1 aliphatic rings. The Kier molecular flexibility index (Phi) is 4.01. The first kappa shape index (κ1) is 15.1. The normalized spacial score (nSPS) is 13.8. The summed E-state index contributed by atoms with van der Waals surface area (Å²) in [5, 5.41) is 18.1. The predicted octanol–water partition coefficient (Wildman–Crippen LogP) is 2.73. The SMILES string of the molecule is CS(=O)Nc1cc2c(c(-c3ccc(C#N)cc3)c1)CN(C#N)C2. The lowest BCUT2D eigenvalue weighted by Crippen LogP contribution is -2.07. The van der Waals surface area contributed by atoms with Crippen LogP contribution in [0.25, 0.3) is 11.1 Å². The van der Waals surface area contributed by atoms with Crippen LogP contribution >= 0.6 is 0 Å². The van der Waals surface area contributed by atoms with Crippen LogP contribution in [-0.2, 0) is 24.1 Å². The highest BCUT2D eigenvalue weighted by atomic mass is 32.2. The van der Waals surface area contributed by atoms with E-state index >= 15 is 0 Å². The molecule has 0 aromatic heterocycles. The highest BCUT2D eigenvalue weighted by Gasteiger charge is 2.22. The molecule has 23 heavy (non-hydrogen) atoms. The molecule has 0 radical (unpaired) electrons. The second-order valence-electron chi connectivity index (χ2n) is 5.36. The van der Waals surface area contributed by atoms with E-state index < -0.39 is 11.0 Å². The quantitative estimate of drug-likeness (QED) is 0.881. The van der Waals surface area contributed by atoms with Gasteiger partial charge in [0.05, 0.1) is 24.7 Å². The van der Waals surface area contributed by atoms with Crippen LogP contribution in [0.1, 0.15) is 16.7 Å². The van der Waals surface area contributed by atoms with Crippen molar-refractivity contribution in [2.24, 2.45) is 0 Å². The third-order valence-corrected chi connectivity index (χ3v) is 4.30. The van der Waals surface area contributed by atoms with Crippen molar-refractivity contribution in [2.75, 3.05) is 11.0 Å². The lowest BCUT2D eigenvalue weighted by atomic mass is 9.95. The third-order valence-electron chi connectivity index (χ3n) is 3.78. The minimum atomic E-state index is -1.16. The molecule has 0 saturated heterocycles. The molecular weight excluding hydrogens is 308 g/mol. The molecule has 2 aromatic carbocycles.